The van der Waals surface area contributed by atoms with E-state index in [4.69, 9.17) is 31.5 Å². The van der Waals surface area contributed by atoms with E-state index in [2.05, 4.69) is 0 Å². The molecule has 2 rings (SSSR count). The van der Waals surface area contributed by atoms with Crippen LogP contribution < -0.4 is 5.73 Å². The zero-order valence-corrected chi connectivity index (χ0v) is 12.1. The lowest BCUT2D eigenvalue weighted by atomic mass is 9.99. The lowest BCUT2D eigenvalue weighted by Gasteiger charge is -2.36. The Morgan fingerprint density at radius 3 is 2.80 bits per heavy atom. The van der Waals surface area contributed by atoms with Crippen molar-refractivity contribution >= 4 is 23.3 Å². The summed E-state index contributed by atoms with van der Waals surface area (Å²) in [5, 5.41) is 0.582. The molecule has 0 bridgehead atoms. The van der Waals surface area contributed by atoms with Gasteiger partial charge in [-0.2, -0.15) is 0 Å². The standard InChI is InChI=1S/C14H18ClNO4/c1-18-13(17)9-14(19-5-2-6-20-14)8-10-7-11(15)3-4-12(10)16/h3-4,7H,2,5-6,8-9,16H2,1H3. The molecule has 2 N–H and O–H groups in total. The Balaban J connectivity index is 2.22. The number of carbonyl (C=O) groups excluding carboxylic acids is 1. The third-order valence-electron chi connectivity index (χ3n) is 3.23. The number of ether oxygens (including phenoxy) is 3. The van der Waals surface area contributed by atoms with E-state index in [0.29, 0.717) is 30.3 Å². The van der Waals surface area contributed by atoms with Gasteiger partial charge < -0.3 is 19.9 Å². The van der Waals surface area contributed by atoms with Gasteiger partial charge in [0, 0.05) is 17.1 Å². The number of halogens is 1. The molecule has 5 nitrogen and oxygen atoms in total. The molecule has 1 saturated heterocycles. The Bertz CT molecular complexity index is 486. The van der Waals surface area contributed by atoms with Gasteiger partial charge in [0.15, 0.2) is 5.79 Å². The molecule has 1 heterocycles. The summed E-state index contributed by atoms with van der Waals surface area (Å²) in [5.41, 5.74) is 7.33. The minimum atomic E-state index is -1.02. The quantitative estimate of drug-likeness (QED) is 0.681. The minimum Gasteiger partial charge on any atom is -0.469 e. The van der Waals surface area contributed by atoms with Crippen molar-refractivity contribution in [3.05, 3.63) is 28.8 Å². The van der Waals surface area contributed by atoms with E-state index in [9.17, 15) is 4.79 Å². The van der Waals surface area contributed by atoms with Crippen LogP contribution in [-0.2, 0) is 25.4 Å². The monoisotopic (exact) mass is 299 g/mol. The van der Waals surface area contributed by atoms with Crippen LogP contribution in [0, 0.1) is 0 Å². The van der Waals surface area contributed by atoms with Crippen molar-refractivity contribution in [1.29, 1.82) is 0 Å². The zero-order valence-electron chi connectivity index (χ0n) is 11.4. The molecular weight excluding hydrogens is 282 g/mol. The first kappa shape index (κ1) is 15.1. The molecule has 0 spiro atoms. The molecule has 0 saturated carbocycles. The highest BCUT2D eigenvalue weighted by Gasteiger charge is 2.38. The summed E-state index contributed by atoms with van der Waals surface area (Å²) in [6.07, 6.45) is 1.18. The van der Waals surface area contributed by atoms with Gasteiger partial charge in [0.25, 0.3) is 0 Å². The third kappa shape index (κ3) is 3.62. The summed E-state index contributed by atoms with van der Waals surface area (Å²) in [6, 6.07) is 5.21. The maximum Gasteiger partial charge on any atom is 0.311 e. The van der Waals surface area contributed by atoms with Crippen molar-refractivity contribution < 1.29 is 19.0 Å². The van der Waals surface area contributed by atoms with Crippen molar-refractivity contribution in [2.45, 2.75) is 25.0 Å². The molecule has 0 aromatic heterocycles. The molecule has 20 heavy (non-hydrogen) atoms. The van der Waals surface area contributed by atoms with Gasteiger partial charge in [-0.25, -0.2) is 0 Å². The largest absolute Gasteiger partial charge is 0.469 e. The first-order chi connectivity index (χ1) is 9.54. The van der Waals surface area contributed by atoms with Crippen molar-refractivity contribution in [1.82, 2.24) is 0 Å². The second-order valence-corrected chi connectivity index (χ2v) is 5.17. The Kier molecular flexibility index (Phi) is 4.86. The van der Waals surface area contributed by atoms with Gasteiger partial charge in [0.2, 0.25) is 0 Å². The van der Waals surface area contributed by atoms with Crippen molar-refractivity contribution in [3.63, 3.8) is 0 Å². The van der Waals surface area contributed by atoms with E-state index < -0.39 is 5.79 Å². The zero-order chi connectivity index (χ0) is 14.6. The van der Waals surface area contributed by atoms with E-state index >= 15 is 0 Å². The highest BCUT2D eigenvalue weighted by Crippen LogP contribution is 2.31. The van der Waals surface area contributed by atoms with Crippen molar-refractivity contribution in [3.8, 4) is 0 Å². The number of methoxy groups -OCH3 is 1. The Morgan fingerprint density at radius 2 is 2.15 bits per heavy atom. The van der Waals surface area contributed by atoms with Crippen molar-refractivity contribution in [2.24, 2.45) is 0 Å². The number of esters is 1. The van der Waals surface area contributed by atoms with Crippen LogP contribution in [0.3, 0.4) is 0 Å². The predicted octanol–water partition coefficient (Wildman–Crippen LogP) is 2.16. The molecule has 0 radical (unpaired) electrons. The highest BCUT2D eigenvalue weighted by atomic mass is 35.5. The molecule has 1 fully saturated rings. The van der Waals surface area contributed by atoms with Crippen LogP contribution in [0.25, 0.3) is 0 Å². The van der Waals surface area contributed by atoms with Gasteiger partial charge in [0.1, 0.15) is 0 Å². The lowest BCUT2D eigenvalue weighted by Crippen LogP contribution is -2.44. The van der Waals surface area contributed by atoms with E-state index in [0.717, 1.165) is 12.0 Å². The fourth-order valence-electron chi connectivity index (χ4n) is 2.19. The Hall–Kier alpha value is -1.30. The summed E-state index contributed by atoms with van der Waals surface area (Å²) in [7, 11) is 1.34. The highest BCUT2D eigenvalue weighted by molar-refractivity contribution is 6.30. The first-order valence-corrected chi connectivity index (χ1v) is 6.81. The smallest absolute Gasteiger partial charge is 0.311 e. The molecule has 0 atom stereocenters. The molecule has 0 aliphatic carbocycles. The fraction of sp³-hybridized carbons (Fsp3) is 0.500. The number of nitrogens with two attached hydrogens (primary N) is 1. The van der Waals surface area contributed by atoms with Gasteiger partial charge in [-0.3, -0.25) is 4.79 Å². The molecule has 6 heteroatoms. The van der Waals surface area contributed by atoms with E-state index in [1.807, 2.05) is 0 Å². The first-order valence-electron chi connectivity index (χ1n) is 6.43. The maximum absolute atomic E-state index is 11.6. The van der Waals surface area contributed by atoms with Crippen LogP contribution in [-0.4, -0.2) is 32.1 Å². The van der Waals surface area contributed by atoms with E-state index in [1.165, 1.54) is 7.11 Å². The molecule has 0 amide bonds. The molecule has 1 aromatic carbocycles. The van der Waals surface area contributed by atoms with Crippen LogP contribution in [0.5, 0.6) is 0 Å². The molecule has 1 aromatic rings. The molecule has 1 aliphatic heterocycles. The topological polar surface area (TPSA) is 70.8 Å². The minimum absolute atomic E-state index is 0.0233. The normalized spacial score (nSPS) is 17.7. The van der Waals surface area contributed by atoms with Crippen LogP contribution in [0.15, 0.2) is 18.2 Å². The number of carbonyl (C=O) groups is 1. The van der Waals surface area contributed by atoms with Crippen LogP contribution in [0.4, 0.5) is 5.69 Å². The SMILES string of the molecule is COC(=O)CC1(Cc2cc(Cl)ccc2N)OCCCO1. The second kappa shape index (κ2) is 6.43. The predicted molar refractivity (Wildman–Crippen MR) is 75.5 cm³/mol. The Morgan fingerprint density at radius 1 is 1.45 bits per heavy atom. The summed E-state index contributed by atoms with van der Waals surface area (Å²) in [6.45, 7) is 1.08. The summed E-state index contributed by atoms with van der Waals surface area (Å²) in [5.74, 6) is -1.41. The second-order valence-electron chi connectivity index (χ2n) is 4.73. The number of hydrogen-bond acceptors (Lipinski definition) is 5. The molecule has 1 aliphatic rings. The van der Waals surface area contributed by atoms with Crippen LogP contribution >= 0.6 is 11.6 Å². The van der Waals surface area contributed by atoms with Crippen molar-refractivity contribution in [2.75, 3.05) is 26.1 Å². The number of benzene rings is 1. The lowest BCUT2D eigenvalue weighted by molar-refractivity contribution is -0.268. The molecular formula is C14H18ClNO4. The van der Waals surface area contributed by atoms with Gasteiger partial charge >= 0.3 is 5.97 Å². The van der Waals surface area contributed by atoms with Gasteiger partial charge in [-0.05, 0) is 30.2 Å². The number of nitrogen functional groups attached to an aromatic ring is 1. The maximum atomic E-state index is 11.6. The summed E-state index contributed by atoms with van der Waals surface area (Å²) in [4.78, 5) is 11.6. The average Bonchev–Trinajstić information content (AvgIpc) is 2.43. The van der Waals surface area contributed by atoms with Gasteiger partial charge in [-0.1, -0.05) is 11.6 Å². The number of rotatable bonds is 4. The third-order valence-corrected chi connectivity index (χ3v) is 3.46. The average molecular weight is 300 g/mol. The fourth-order valence-corrected chi connectivity index (χ4v) is 2.39. The van der Waals surface area contributed by atoms with E-state index in [-0.39, 0.29) is 12.4 Å². The molecule has 110 valence electrons. The van der Waals surface area contributed by atoms with E-state index in [1.54, 1.807) is 18.2 Å². The number of hydrogen-bond donors (Lipinski definition) is 1. The van der Waals surface area contributed by atoms with Gasteiger partial charge in [-0.15, -0.1) is 0 Å². The van der Waals surface area contributed by atoms with Gasteiger partial charge in [0.05, 0.1) is 26.7 Å². The number of anilines is 1. The van der Waals surface area contributed by atoms with Crippen LogP contribution in [0.2, 0.25) is 5.02 Å². The molecule has 0 unspecified atom stereocenters. The van der Waals surface area contributed by atoms with Crippen LogP contribution in [0.1, 0.15) is 18.4 Å². The summed E-state index contributed by atoms with van der Waals surface area (Å²) >= 11 is 5.98. The summed E-state index contributed by atoms with van der Waals surface area (Å²) < 4.78 is 16.1. The Labute approximate surface area is 122 Å².